The number of nitrogens with zero attached hydrogens (tertiary/aromatic N) is 1. The normalized spacial score (nSPS) is 11.1. The van der Waals surface area contributed by atoms with E-state index in [1.54, 1.807) is 0 Å². The van der Waals surface area contributed by atoms with E-state index < -0.39 is 0 Å². The number of rotatable bonds is 1. The van der Waals surface area contributed by atoms with Crippen LogP contribution in [0.15, 0.2) is 45.3 Å². The molecule has 0 radical (unpaired) electrons. The minimum atomic E-state index is 0.688. The average molecular weight is 398 g/mol. The van der Waals surface area contributed by atoms with Gasteiger partial charge < -0.3 is 4.98 Å². The third kappa shape index (κ3) is 2.20. The number of fused-ring (bicyclic) bond motifs is 1. The number of aromatic nitrogens is 2. The van der Waals surface area contributed by atoms with Gasteiger partial charge in [-0.25, -0.2) is 0 Å². The highest BCUT2D eigenvalue weighted by Crippen LogP contribution is 2.32. The molecule has 3 rings (SSSR count). The fourth-order valence-corrected chi connectivity index (χ4v) is 3.80. The number of aromatic amines is 1. The van der Waals surface area contributed by atoms with Gasteiger partial charge in [0.2, 0.25) is 0 Å². The zero-order valence-electron chi connectivity index (χ0n) is 10.1. The fourth-order valence-electron chi connectivity index (χ4n) is 2.15. The number of hydrogen-bond donors (Lipinski definition) is 1. The highest BCUT2D eigenvalue weighted by atomic mass is 79.9. The van der Waals surface area contributed by atoms with Crippen LogP contribution in [0.1, 0.15) is 5.56 Å². The van der Waals surface area contributed by atoms with Crippen molar-refractivity contribution in [1.29, 1.82) is 0 Å². The molecule has 1 N–H and O–H groups in total. The van der Waals surface area contributed by atoms with Gasteiger partial charge in [-0.05, 0) is 80.8 Å². The van der Waals surface area contributed by atoms with E-state index in [0.29, 0.717) is 4.77 Å². The van der Waals surface area contributed by atoms with Crippen LogP contribution >= 0.6 is 44.1 Å². The van der Waals surface area contributed by atoms with E-state index in [4.69, 9.17) is 12.2 Å². The van der Waals surface area contributed by atoms with Crippen LogP contribution < -0.4 is 0 Å². The Kier molecular flexibility index (Phi) is 3.37. The maximum atomic E-state index is 5.46. The maximum absolute atomic E-state index is 5.46. The zero-order chi connectivity index (χ0) is 13.6. The summed E-state index contributed by atoms with van der Waals surface area (Å²) in [6, 6.07) is 12.3. The second-order valence-electron chi connectivity index (χ2n) is 4.36. The number of para-hydroxylation sites is 1. The summed E-state index contributed by atoms with van der Waals surface area (Å²) in [5, 5.41) is 0. The molecule has 2 aromatic carbocycles. The Morgan fingerprint density at radius 3 is 2.47 bits per heavy atom. The summed E-state index contributed by atoms with van der Waals surface area (Å²) in [7, 11) is 0. The Morgan fingerprint density at radius 1 is 1.11 bits per heavy atom. The summed E-state index contributed by atoms with van der Waals surface area (Å²) < 4.78 is 4.73. The topological polar surface area (TPSA) is 20.7 Å². The van der Waals surface area contributed by atoms with Gasteiger partial charge >= 0.3 is 0 Å². The molecule has 0 unspecified atom stereocenters. The van der Waals surface area contributed by atoms with Crippen LogP contribution in [0.4, 0.5) is 0 Å². The molecule has 0 spiro atoms. The summed E-state index contributed by atoms with van der Waals surface area (Å²) in [6.45, 7) is 2.07. The van der Waals surface area contributed by atoms with E-state index >= 15 is 0 Å². The molecule has 5 heteroatoms. The molecule has 0 aliphatic rings. The van der Waals surface area contributed by atoms with Gasteiger partial charge in [0.1, 0.15) is 0 Å². The van der Waals surface area contributed by atoms with E-state index in [0.717, 1.165) is 25.7 Å². The van der Waals surface area contributed by atoms with E-state index in [2.05, 4.69) is 62.0 Å². The van der Waals surface area contributed by atoms with Gasteiger partial charge in [-0.2, -0.15) is 0 Å². The summed E-state index contributed by atoms with van der Waals surface area (Å²) in [5.41, 5.74) is 4.35. The van der Waals surface area contributed by atoms with Gasteiger partial charge in [0.15, 0.2) is 4.77 Å². The lowest BCUT2D eigenvalue weighted by Crippen LogP contribution is -1.96. The van der Waals surface area contributed by atoms with E-state index in [1.165, 1.54) is 5.56 Å². The molecular weight excluding hydrogens is 388 g/mol. The van der Waals surface area contributed by atoms with Crippen LogP contribution in [-0.4, -0.2) is 9.55 Å². The van der Waals surface area contributed by atoms with Gasteiger partial charge in [0.05, 0.1) is 16.7 Å². The quantitative estimate of drug-likeness (QED) is 0.536. The Labute approximate surface area is 132 Å². The first-order valence-electron chi connectivity index (χ1n) is 5.73. The first kappa shape index (κ1) is 13.1. The number of halogens is 2. The van der Waals surface area contributed by atoms with Crippen LogP contribution in [0.3, 0.4) is 0 Å². The number of benzene rings is 2. The minimum Gasteiger partial charge on any atom is -0.330 e. The molecule has 1 aromatic heterocycles. The standard InChI is InChI=1S/C14H10Br2N2S/c1-8-5-6-12-11(7-8)17-14(19)18(12)13-9(15)3-2-4-10(13)16/h2-7H,1H3,(H,17,19). The van der Waals surface area contributed by atoms with Gasteiger partial charge in [0, 0.05) is 8.95 Å². The summed E-state index contributed by atoms with van der Waals surface area (Å²) >= 11 is 12.6. The van der Waals surface area contributed by atoms with Crippen molar-refractivity contribution in [3.8, 4) is 5.69 Å². The Balaban J connectivity index is 2.43. The highest BCUT2D eigenvalue weighted by molar-refractivity contribution is 9.11. The summed E-state index contributed by atoms with van der Waals surface area (Å²) in [5.74, 6) is 0. The number of aryl methyl sites for hydroxylation is 1. The summed E-state index contributed by atoms with van der Waals surface area (Å²) in [6.07, 6.45) is 0. The fraction of sp³-hybridized carbons (Fsp3) is 0.0714. The summed E-state index contributed by atoms with van der Waals surface area (Å²) in [4.78, 5) is 3.26. The smallest absolute Gasteiger partial charge is 0.182 e. The molecule has 0 amide bonds. The molecule has 0 fully saturated rings. The van der Waals surface area contributed by atoms with Crippen molar-refractivity contribution in [3.05, 3.63) is 55.7 Å². The number of hydrogen-bond acceptors (Lipinski definition) is 1. The van der Waals surface area contributed by atoms with E-state index in [-0.39, 0.29) is 0 Å². The highest BCUT2D eigenvalue weighted by Gasteiger charge is 2.12. The van der Waals surface area contributed by atoms with Crippen molar-refractivity contribution in [2.24, 2.45) is 0 Å². The first-order chi connectivity index (χ1) is 9.08. The minimum absolute atomic E-state index is 0.688. The van der Waals surface area contributed by atoms with E-state index in [1.807, 2.05) is 22.8 Å². The second-order valence-corrected chi connectivity index (χ2v) is 6.45. The van der Waals surface area contributed by atoms with Gasteiger partial charge in [-0.15, -0.1) is 0 Å². The Hall–Kier alpha value is -0.910. The van der Waals surface area contributed by atoms with Crippen molar-refractivity contribution in [3.63, 3.8) is 0 Å². The molecular formula is C14H10Br2N2S. The third-order valence-corrected chi connectivity index (χ3v) is 4.56. The predicted octanol–water partition coefficient (Wildman–Crippen LogP) is 5.52. The van der Waals surface area contributed by atoms with Crippen molar-refractivity contribution >= 4 is 55.1 Å². The Bertz CT molecular complexity index is 813. The maximum Gasteiger partial charge on any atom is 0.182 e. The third-order valence-electron chi connectivity index (χ3n) is 3.00. The lowest BCUT2D eigenvalue weighted by molar-refractivity contribution is 1.05. The van der Waals surface area contributed by atoms with Crippen molar-refractivity contribution < 1.29 is 0 Å². The van der Waals surface area contributed by atoms with Crippen LogP contribution in [0.5, 0.6) is 0 Å². The number of nitrogens with one attached hydrogen (secondary N) is 1. The largest absolute Gasteiger partial charge is 0.330 e. The second kappa shape index (κ2) is 4.89. The molecule has 2 nitrogen and oxygen atoms in total. The molecule has 0 aliphatic heterocycles. The lowest BCUT2D eigenvalue weighted by Gasteiger charge is -2.09. The van der Waals surface area contributed by atoms with Crippen molar-refractivity contribution in [2.45, 2.75) is 6.92 Å². The molecule has 0 saturated heterocycles. The van der Waals surface area contributed by atoms with Gasteiger partial charge in [-0.3, -0.25) is 4.57 Å². The number of imidazole rings is 1. The monoisotopic (exact) mass is 396 g/mol. The molecule has 0 atom stereocenters. The average Bonchev–Trinajstić information content (AvgIpc) is 2.65. The van der Waals surface area contributed by atoms with Crippen LogP contribution in [-0.2, 0) is 0 Å². The number of H-pyrrole nitrogens is 1. The van der Waals surface area contributed by atoms with E-state index in [9.17, 15) is 0 Å². The molecule has 19 heavy (non-hydrogen) atoms. The molecule has 3 aromatic rings. The van der Waals surface area contributed by atoms with Crippen molar-refractivity contribution in [2.75, 3.05) is 0 Å². The van der Waals surface area contributed by atoms with Crippen LogP contribution in [0, 0.1) is 11.7 Å². The van der Waals surface area contributed by atoms with Crippen LogP contribution in [0.2, 0.25) is 0 Å². The van der Waals surface area contributed by atoms with Crippen LogP contribution in [0.25, 0.3) is 16.7 Å². The molecule has 1 heterocycles. The molecule has 0 aliphatic carbocycles. The van der Waals surface area contributed by atoms with Crippen molar-refractivity contribution in [1.82, 2.24) is 9.55 Å². The SMILES string of the molecule is Cc1ccc2c(c1)[nH]c(=S)n2-c1c(Br)cccc1Br. The molecule has 0 saturated carbocycles. The lowest BCUT2D eigenvalue weighted by atomic mass is 10.2. The predicted molar refractivity (Wildman–Crippen MR) is 88.6 cm³/mol. The Morgan fingerprint density at radius 2 is 1.79 bits per heavy atom. The zero-order valence-corrected chi connectivity index (χ0v) is 14.1. The van der Waals surface area contributed by atoms with Gasteiger partial charge in [0.25, 0.3) is 0 Å². The molecule has 0 bridgehead atoms. The van der Waals surface area contributed by atoms with Gasteiger partial charge in [-0.1, -0.05) is 12.1 Å². The molecule has 96 valence electrons. The first-order valence-corrected chi connectivity index (χ1v) is 7.73.